The number of hydrogen-bond donors (Lipinski definition) is 3. The van der Waals surface area contributed by atoms with Crippen molar-refractivity contribution in [2.45, 2.75) is 11.8 Å². The lowest BCUT2D eigenvalue weighted by Crippen LogP contribution is -1.98. The summed E-state index contributed by atoms with van der Waals surface area (Å²) in [6.45, 7) is 1.84. The fraction of sp³-hybridized carbons (Fsp3) is 0.0667. The number of phenols is 1. The summed E-state index contributed by atoms with van der Waals surface area (Å²) >= 11 is 0. The molecule has 0 atom stereocenters. The van der Waals surface area contributed by atoms with E-state index in [-0.39, 0.29) is 10.6 Å². The first kappa shape index (κ1) is 38.3. The Kier molecular flexibility index (Phi) is 10.5. The van der Waals surface area contributed by atoms with Crippen LogP contribution in [-0.2, 0) is 10.1 Å². The second kappa shape index (κ2) is 16.1. The van der Waals surface area contributed by atoms with E-state index in [1.54, 1.807) is 54.6 Å². The maximum Gasteiger partial charge on any atom is 0.295 e. The van der Waals surface area contributed by atoms with Gasteiger partial charge in [-0.15, -0.1) is 20.5 Å². The number of rotatable bonds is 11. The van der Waals surface area contributed by atoms with Crippen LogP contribution >= 0.6 is 0 Å². The van der Waals surface area contributed by atoms with Gasteiger partial charge in [0.2, 0.25) is 0 Å². The van der Waals surface area contributed by atoms with Gasteiger partial charge in [0.1, 0.15) is 33.5 Å². The van der Waals surface area contributed by atoms with Gasteiger partial charge < -0.3 is 19.9 Å². The van der Waals surface area contributed by atoms with E-state index in [1.807, 2.05) is 85.8 Å². The number of aryl methyl sites for hydroxylation is 1. The van der Waals surface area contributed by atoms with Crippen molar-refractivity contribution < 1.29 is 27.6 Å². The molecular formula is C45H35N7O6S. The van der Waals surface area contributed by atoms with Crippen LogP contribution in [0.1, 0.15) is 5.56 Å². The highest BCUT2D eigenvalue weighted by atomic mass is 32.2. The van der Waals surface area contributed by atoms with Crippen molar-refractivity contribution in [2.75, 3.05) is 19.5 Å². The van der Waals surface area contributed by atoms with Crippen molar-refractivity contribution in [3.05, 3.63) is 145 Å². The van der Waals surface area contributed by atoms with Crippen LogP contribution < -0.4 is 14.8 Å². The number of phenolic OH excluding ortho intramolecular Hbond substituents is 1. The molecule has 0 aliphatic carbocycles. The van der Waals surface area contributed by atoms with Crippen molar-refractivity contribution in [1.82, 2.24) is 0 Å². The maximum atomic E-state index is 11.9. The predicted molar refractivity (Wildman–Crippen MR) is 230 cm³/mol. The van der Waals surface area contributed by atoms with Gasteiger partial charge in [0, 0.05) is 45.1 Å². The zero-order valence-corrected chi connectivity index (χ0v) is 32.7. The van der Waals surface area contributed by atoms with Gasteiger partial charge in [-0.05, 0) is 83.9 Å². The van der Waals surface area contributed by atoms with E-state index >= 15 is 0 Å². The van der Waals surface area contributed by atoms with E-state index in [0.717, 1.165) is 27.7 Å². The molecule has 0 unspecified atom stereocenters. The van der Waals surface area contributed by atoms with Crippen LogP contribution in [0.4, 0.5) is 45.5 Å². The highest BCUT2D eigenvalue weighted by molar-refractivity contribution is 7.86. The molecule has 0 amide bonds. The minimum absolute atomic E-state index is 0.00545. The molecule has 0 heterocycles. The standard InChI is InChI=1S/C45H35N7O6S/c1-27-22-40(41(57-2)25-38(27)49-47-32-18-16-28-10-9-15-43(36(28)24-32)59(54,55)56)51-50-39-26-42(58-3)44(35-14-8-7-13-34(35)39)52-48-37-21-17-29-23-31(19-20-33(29)45(37)53)46-30-11-5-4-6-12-30/h4-26,46,53H,1-3H3,(H,54,55,56). The fourth-order valence-corrected chi connectivity index (χ4v) is 7.36. The van der Waals surface area contributed by atoms with E-state index < -0.39 is 10.1 Å². The Bertz CT molecular complexity index is 3120. The molecular weight excluding hydrogens is 767 g/mol. The quantitative estimate of drug-likeness (QED) is 0.0859. The molecule has 0 saturated heterocycles. The number of ether oxygens (including phenoxy) is 2. The van der Waals surface area contributed by atoms with E-state index in [2.05, 4.69) is 36.0 Å². The molecule has 0 saturated carbocycles. The van der Waals surface area contributed by atoms with E-state index in [0.29, 0.717) is 67.2 Å². The van der Waals surface area contributed by atoms with Crippen molar-refractivity contribution >= 4 is 87.9 Å². The number of methoxy groups -OCH3 is 2. The zero-order chi connectivity index (χ0) is 41.1. The summed E-state index contributed by atoms with van der Waals surface area (Å²) < 4.78 is 45.0. The lowest BCUT2D eigenvalue weighted by atomic mass is 10.1. The molecule has 59 heavy (non-hydrogen) atoms. The zero-order valence-electron chi connectivity index (χ0n) is 31.9. The van der Waals surface area contributed by atoms with Crippen LogP contribution in [0, 0.1) is 6.92 Å². The summed E-state index contributed by atoms with van der Waals surface area (Å²) in [5.74, 6) is 0.793. The third kappa shape index (κ3) is 8.03. The summed E-state index contributed by atoms with van der Waals surface area (Å²) in [7, 11) is -1.40. The Labute approximate surface area is 338 Å². The van der Waals surface area contributed by atoms with Gasteiger partial charge >= 0.3 is 0 Å². The van der Waals surface area contributed by atoms with Crippen molar-refractivity contribution in [3.8, 4) is 17.2 Å². The molecule has 0 aromatic heterocycles. The van der Waals surface area contributed by atoms with Gasteiger partial charge in [-0.25, -0.2) is 0 Å². The van der Waals surface area contributed by atoms with Gasteiger partial charge in [0.25, 0.3) is 10.1 Å². The summed E-state index contributed by atoms with van der Waals surface area (Å²) in [6, 6.07) is 41.5. The predicted octanol–water partition coefficient (Wildman–Crippen LogP) is 13.4. The van der Waals surface area contributed by atoms with Crippen LogP contribution in [0.2, 0.25) is 0 Å². The number of benzene rings is 8. The molecule has 0 fully saturated rings. The number of azo groups is 3. The molecule has 8 aromatic rings. The molecule has 14 heteroatoms. The summed E-state index contributed by atoms with van der Waals surface area (Å²) in [6.07, 6.45) is 0. The first-order valence-electron chi connectivity index (χ1n) is 18.2. The Morgan fingerprint density at radius 1 is 0.525 bits per heavy atom. The monoisotopic (exact) mass is 801 g/mol. The third-order valence-corrected chi connectivity index (χ3v) is 10.5. The van der Waals surface area contributed by atoms with Crippen LogP contribution in [-0.4, -0.2) is 32.3 Å². The second-order valence-electron chi connectivity index (χ2n) is 13.4. The first-order chi connectivity index (χ1) is 28.6. The molecule has 292 valence electrons. The molecule has 0 bridgehead atoms. The average Bonchev–Trinajstić information content (AvgIpc) is 3.24. The summed E-state index contributed by atoms with van der Waals surface area (Å²) in [5, 5.41) is 45.4. The fourth-order valence-electron chi connectivity index (χ4n) is 6.66. The smallest absolute Gasteiger partial charge is 0.295 e. The van der Waals surface area contributed by atoms with Gasteiger partial charge in [0.15, 0.2) is 5.75 Å². The van der Waals surface area contributed by atoms with Crippen LogP contribution in [0.3, 0.4) is 0 Å². The molecule has 0 aliphatic rings. The minimum Gasteiger partial charge on any atom is -0.505 e. The molecule has 0 spiro atoms. The topological polar surface area (TPSA) is 179 Å². The largest absolute Gasteiger partial charge is 0.505 e. The Morgan fingerprint density at radius 2 is 1.22 bits per heavy atom. The third-order valence-electron chi connectivity index (χ3n) is 9.61. The minimum atomic E-state index is -4.44. The van der Waals surface area contributed by atoms with E-state index in [1.165, 1.54) is 20.3 Å². The Morgan fingerprint density at radius 3 is 2.00 bits per heavy atom. The van der Waals surface area contributed by atoms with E-state index in [9.17, 15) is 18.1 Å². The summed E-state index contributed by atoms with van der Waals surface area (Å²) in [4.78, 5) is -0.211. The van der Waals surface area contributed by atoms with Gasteiger partial charge in [-0.1, -0.05) is 66.7 Å². The number of para-hydroxylation sites is 1. The molecule has 13 nitrogen and oxygen atoms in total. The maximum absolute atomic E-state index is 11.9. The highest BCUT2D eigenvalue weighted by Crippen LogP contribution is 2.45. The lowest BCUT2D eigenvalue weighted by Gasteiger charge is -2.11. The molecule has 8 rings (SSSR count). The number of hydrogen-bond acceptors (Lipinski definition) is 12. The van der Waals surface area contributed by atoms with Crippen LogP contribution in [0.5, 0.6) is 17.2 Å². The number of anilines is 2. The van der Waals surface area contributed by atoms with Gasteiger partial charge in [0.05, 0.1) is 31.3 Å². The number of nitrogens with one attached hydrogen (secondary N) is 1. The molecule has 0 aliphatic heterocycles. The molecule has 8 aromatic carbocycles. The number of aromatic hydroxyl groups is 1. The average molecular weight is 802 g/mol. The lowest BCUT2D eigenvalue weighted by molar-refractivity contribution is 0.415. The normalized spacial score (nSPS) is 12.1. The SMILES string of the molecule is COc1cc(N=Nc2ccc3cccc(S(=O)(=O)O)c3c2)c(C)cc1N=Nc1cc(OC)c(N=Nc2ccc3cc(Nc4ccccc4)ccc3c2O)c2ccccc12. The highest BCUT2D eigenvalue weighted by Gasteiger charge is 2.16. The van der Waals surface area contributed by atoms with Crippen molar-refractivity contribution in [1.29, 1.82) is 0 Å². The second-order valence-corrected chi connectivity index (χ2v) is 14.8. The van der Waals surface area contributed by atoms with Gasteiger partial charge in [-0.2, -0.15) is 18.6 Å². The van der Waals surface area contributed by atoms with Crippen LogP contribution in [0.25, 0.3) is 32.3 Å². The summed E-state index contributed by atoms with van der Waals surface area (Å²) in [5.41, 5.74) is 5.15. The van der Waals surface area contributed by atoms with E-state index in [4.69, 9.17) is 9.47 Å². The van der Waals surface area contributed by atoms with Crippen molar-refractivity contribution in [2.24, 2.45) is 30.7 Å². The van der Waals surface area contributed by atoms with Crippen LogP contribution in [0.15, 0.2) is 175 Å². The number of nitrogens with zero attached hydrogens (tertiary/aromatic N) is 6. The first-order valence-corrected chi connectivity index (χ1v) is 19.7. The Hall–Kier alpha value is -7.55. The Balaban J connectivity index is 1.07. The molecule has 3 N–H and O–H groups in total. The van der Waals surface area contributed by atoms with Gasteiger partial charge in [-0.3, -0.25) is 4.55 Å². The van der Waals surface area contributed by atoms with Crippen molar-refractivity contribution in [3.63, 3.8) is 0 Å². The number of fused-ring (bicyclic) bond motifs is 3. The molecule has 0 radical (unpaired) electrons.